The van der Waals surface area contributed by atoms with Crippen molar-refractivity contribution in [3.05, 3.63) is 54.1 Å². The fourth-order valence-electron chi connectivity index (χ4n) is 3.04. The van der Waals surface area contributed by atoms with Crippen molar-refractivity contribution >= 4 is 39.5 Å². The van der Waals surface area contributed by atoms with E-state index in [1.807, 2.05) is 20.8 Å². The number of carbonyl (C=O) groups is 3. The second kappa shape index (κ2) is 13.3. The van der Waals surface area contributed by atoms with Crippen molar-refractivity contribution in [2.24, 2.45) is 5.92 Å². The maximum Gasteiger partial charge on any atom is 0.407 e. The zero-order valence-corrected chi connectivity index (χ0v) is 21.2. The molecular formula is C24H32N4O7S. The summed E-state index contributed by atoms with van der Waals surface area (Å²) in [6.45, 7) is 6.29. The minimum atomic E-state index is -4.05. The van der Waals surface area contributed by atoms with E-state index < -0.39 is 40.6 Å². The third-order valence-electron chi connectivity index (χ3n) is 4.70. The molecule has 0 spiro atoms. The van der Waals surface area contributed by atoms with Crippen LogP contribution in [0.2, 0.25) is 0 Å². The van der Waals surface area contributed by atoms with Crippen LogP contribution in [0.5, 0.6) is 0 Å². The molecule has 0 fully saturated rings. The topological polar surface area (TPSA) is 163 Å². The van der Waals surface area contributed by atoms with Gasteiger partial charge in [-0.05, 0) is 48.2 Å². The van der Waals surface area contributed by atoms with Gasteiger partial charge in [0.2, 0.25) is 0 Å². The van der Waals surface area contributed by atoms with Gasteiger partial charge in [0.15, 0.2) is 0 Å². The van der Waals surface area contributed by atoms with Crippen LogP contribution in [-0.2, 0) is 19.6 Å². The van der Waals surface area contributed by atoms with E-state index in [1.165, 1.54) is 30.3 Å². The Balaban J connectivity index is 2.20. The zero-order valence-electron chi connectivity index (χ0n) is 20.4. The number of carbonyl (C=O) groups excluding carboxylic acids is 2. The molecule has 0 bridgehead atoms. The van der Waals surface area contributed by atoms with Crippen LogP contribution < -0.4 is 20.7 Å². The van der Waals surface area contributed by atoms with E-state index in [-0.39, 0.29) is 23.1 Å². The molecule has 0 aromatic heterocycles. The van der Waals surface area contributed by atoms with E-state index in [9.17, 15) is 27.9 Å². The standard InChI is InChI=1S/C24H32N4O7S/c1-4-11-25-23(31)26-18-8-6-10-20(13-18)36(33,34)28-19-9-5-7-17(12-19)21(14-22(29)30)27-24(32)35-15-16(2)3/h5-10,12-13,16,21,28H,4,11,14-15H2,1-3H3,(H,27,32)(H,29,30)(H2,25,26,31). The van der Waals surface area contributed by atoms with Gasteiger partial charge in [-0.3, -0.25) is 9.52 Å². The third kappa shape index (κ3) is 9.45. The molecule has 2 rings (SSSR count). The van der Waals surface area contributed by atoms with Crippen LogP contribution in [0.15, 0.2) is 53.4 Å². The Morgan fingerprint density at radius 2 is 1.72 bits per heavy atom. The summed E-state index contributed by atoms with van der Waals surface area (Å²) in [5, 5.41) is 17.0. The quantitative estimate of drug-likeness (QED) is 0.283. The second-order valence-electron chi connectivity index (χ2n) is 8.43. The van der Waals surface area contributed by atoms with Gasteiger partial charge in [0.1, 0.15) is 0 Å². The molecule has 36 heavy (non-hydrogen) atoms. The van der Waals surface area contributed by atoms with Crippen molar-refractivity contribution in [3.8, 4) is 0 Å². The Morgan fingerprint density at radius 1 is 1.03 bits per heavy atom. The highest BCUT2D eigenvalue weighted by Crippen LogP contribution is 2.24. The van der Waals surface area contributed by atoms with Gasteiger partial charge >= 0.3 is 18.1 Å². The lowest BCUT2D eigenvalue weighted by Gasteiger charge is -2.19. The maximum absolute atomic E-state index is 13.0. The first-order valence-corrected chi connectivity index (χ1v) is 12.9. The molecule has 196 valence electrons. The predicted molar refractivity (Wildman–Crippen MR) is 135 cm³/mol. The Morgan fingerprint density at radius 3 is 2.39 bits per heavy atom. The highest BCUT2D eigenvalue weighted by molar-refractivity contribution is 7.92. The molecule has 3 amide bonds. The normalized spacial score (nSPS) is 11.9. The molecule has 0 aliphatic carbocycles. The first-order chi connectivity index (χ1) is 17.0. The van der Waals surface area contributed by atoms with Crippen molar-refractivity contribution in [1.29, 1.82) is 0 Å². The van der Waals surface area contributed by atoms with Crippen molar-refractivity contribution < 1.29 is 32.6 Å². The van der Waals surface area contributed by atoms with Crippen LogP contribution >= 0.6 is 0 Å². The number of alkyl carbamates (subject to hydrolysis) is 1. The van der Waals surface area contributed by atoms with Crippen molar-refractivity contribution in [2.45, 2.75) is 44.6 Å². The summed E-state index contributed by atoms with van der Waals surface area (Å²) in [6.07, 6.45) is -0.443. The summed E-state index contributed by atoms with van der Waals surface area (Å²) < 4.78 is 33.5. The molecule has 0 aliphatic rings. The van der Waals surface area contributed by atoms with E-state index in [0.717, 1.165) is 6.42 Å². The molecule has 5 N–H and O–H groups in total. The van der Waals surface area contributed by atoms with E-state index in [2.05, 4.69) is 20.7 Å². The van der Waals surface area contributed by atoms with Crippen molar-refractivity contribution in [2.75, 3.05) is 23.2 Å². The maximum atomic E-state index is 13.0. The summed E-state index contributed by atoms with van der Waals surface area (Å²) in [7, 11) is -4.05. The average Bonchev–Trinajstić information content (AvgIpc) is 2.81. The van der Waals surface area contributed by atoms with E-state index in [0.29, 0.717) is 17.8 Å². The number of benzene rings is 2. The highest BCUT2D eigenvalue weighted by Gasteiger charge is 2.21. The minimum absolute atomic E-state index is 0.0846. The van der Waals surface area contributed by atoms with Crippen LogP contribution in [-0.4, -0.2) is 44.8 Å². The Bertz CT molecular complexity index is 1170. The first kappa shape index (κ1) is 28.4. The van der Waals surface area contributed by atoms with Gasteiger partial charge in [0.25, 0.3) is 10.0 Å². The van der Waals surface area contributed by atoms with Crippen LogP contribution in [0.1, 0.15) is 45.2 Å². The molecule has 0 saturated carbocycles. The number of carboxylic acids is 1. The van der Waals surface area contributed by atoms with Crippen LogP contribution in [0.3, 0.4) is 0 Å². The van der Waals surface area contributed by atoms with Gasteiger partial charge in [-0.2, -0.15) is 0 Å². The summed E-state index contributed by atoms with van der Waals surface area (Å²) in [5.41, 5.74) is 0.840. The molecule has 1 unspecified atom stereocenters. The van der Waals surface area contributed by atoms with E-state index in [1.54, 1.807) is 18.2 Å². The lowest BCUT2D eigenvalue weighted by atomic mass is 10.0. The highest BCUT2D eigenvalue weighted by atomic mass is 32.2. The molecule has 2 aromatic carbocycles. The Hall–Kier alpha value is -3.80. The summed E-state index contributed by atoms with van der Waals surface area (Å²) in [6, 6.07) is 10.4. The zero-order chi connectivity index (χ0) is 26.7. The lowest BCUT2D eigenvalue weighted by Crippen LogP contribution is -2.31. The molecule has 0 aliphatic heterocycles. The Kier molecular flexibility index (Phi) is 10.5. The summed E-state index contributed by atoms with van der Waals surface area (Å²) >= 11 is 0. The lowest BCUT2D eigenvalue weighted by molar-refractivity contribution is -0.137. The van der Waals surface area contributed by atoms with Gasteiger partial charge in [0, 0.05) is 17.9 Å². The van der Waals surface area contributed by atoms with Crippen LogP contribution in [0.25, 0.3) is 0 Å². The molecular weight excluding hydrogens is 488 g/mol. The first-order valence-electron chi connectivity index (χ1n) is 11.4. The number of rotatable bonds is 12. The van der Waals surface area contributed by atoms with Crippen molar-refractivity contribution in [1.82, 2.24) is 10.6 Å². The number of amides is 3. The number of urea groups is 1. The van der Waals surface area contributed by atoms with Gasteiger partial charge < -0.3 is 25.8 Å². The van der Waals surface area contributed by atoms with E-state index >= 15 is 0 Å². The second-order valence-corrected chi connectivity index (χ2v) is 10.1. The smallest absolute Gasteiger partial charge is 0.407 e. The predicted octanol–water partition coefficient (Wildman–Crippen LogP) is 3.92. The summed E-state index contributed by atoms with van der Waals surface area (Å²) in [5.74, 6) is -1.05. The van der Waals surface area contributed by atoms with E-state index in [4.69, 9.17) is 4.74 Å². The third-order valence-corrected chi connectivity index (χ3v) is 6.08. The SMILES string of the molecule is CCCNC(=O)Nc1cccc(S(=O)(=O)Nc2cccc(C(CC(=O)O)NC(=O)OCC(C)C)c2)c1. The number of nitrogens with one attached hydrogen (secondary N) is 4. The number of hydrogen-bond acceptors (Lipinski definition) is 6. The molecule has 0 radical (unpaired) electrons. The fourth-order valence-corrected chi connectivity index (χ4v) is 4.14. The number of ether oxygens (including phenoxy) is 1. The Labute approximate surface area is 210 Å². The molecule has 11 nitrogen and oxygen atoms in total. The molecule has 0 saturated heterocycles. The largest absolute Gasteiger partial charge is 0.481 e. The number of hydrogen-bond donors (Lipinski definition) is 5. The van der Waals surface area contributed by atoms with Gasteiger partial charge in [0.05, 0.1) is 24.0 Å². The monoisotopic (exact) mass is 520 g/mol. The van der Waals surface area contributed by atoms with Gasteiger partial charge in [-0.25, -0.2) is 18.0 Å². The molecule has 1 atom stereocenters. The number of sulfonamides is 1. The van der Waals surface area contributed by atoms with Gasteiger partial charge in [-0.15, -0.1) is 0 Å². The minimum Gasteiger partial charge on any atom is -0.481 e. The number of anilines is 2. The molecule has 12 heteroatoms. The van der Waals surface area contributed by atoms with Crippen LogP contribution in [0, 0.1) is 5.92 Å². The fraction of sp³-hybridized carbons (Fsp3) is 0.375. The number of carboxylic acid groups (broad SMARTS) is 1. The van der Waals surface area contributed by atoms with Gasteiger partial charge in [-0.1, -0.05) is 39.0 Å². The molecule has 0 heterocycles. The summed E-state index contributed by atoms with van der Waals surface area (Å²) in [4.78, 5) is 35.3. The molecule has 2 aromatic rings. The average molecular weight is 521 g/mol. The van der Waals surface area contributed by atoms with Crippen LogP contribution in [0.4, 0.5) is 21.0 Å². The number of aliphatic carboxylic acids is 1. The van der Waals surface area contributed by atoms with Crippen molar-refractivity contribution in [3.63, 3.8) is 0 Å².